The fourth-order valence-corrected chi connectivity index (χ4v) is 1.51. The van der Waals surface area contributed by atoms with Gasteiger partial charge in [-0.15, -0.1) is 0 Å². The molecule has 1 saturated carbocycles. The Hall–Kier alpha value is -2.51. The van der Waals surface area contributed by atoms with Crippen LogP contribution in [-0.4, -0.2) is 22.4 Å². The molecule has 19 heavy (non-hydrogen) atoms. The van der Waals surface area contributed by atoms with Crippen LogP contribution < -0.4 is 0 Å². The Bertz CT molecular complexity index is 552. The summed E-state index contributed by atoms with van der Waals surface area (Å²) in [7, 11) is 0. The average molecular weight is 266 g/mol. The van der Waals surface area contributed by atoms with E-state index in [1.165, 1.54) is 0 Å². The lowest BCUT2D eigenvalue weighted by molar-refractivity contribution is -0.394. The fraction of sp³-hybridized carbons (Fsp3) is 0.364. The summed E-state index contributed by atoms with van der Waals surface area (Å²) in [5, 5.41) is 21.4. The van der Waals surface area contributed by atoms with E-state index in [2.05, 4.69) is 0 Å². The molecule has 8 heteroatoms. The first-order valence-corrected chi connectivity index (χ1v) is 5.59. The van der Waals surface area contributed by atoms with E-state index in [4.69, 9.17) is 4.74 Å². The SMILES string of the molecule is O=C(OCC1CC1)c1ccc([N+](=O)[O-])cc1[N+](=O)[O-]. The van der Waals surface area contributed by atoms with E-state index < -0.39 is 27.2 Å². The number of nitro benzene ring substituents is 2. The molecule has 0 heterocycles. The molecule has 100 valence electrons. The van der Waals surface area contributed by atoms with Crippen LogP contribution in [0.5, 0.6) is 0 Å². The Morgan fingerprint density at radius 2 is 1.95 bits per heavy atom. The summed E-state index contributed by atoms with van der Waals surface area (Å²) in [6, 6.07) is 2.85. The molecule has 0 unspecified atom stereocenters. The first-order valence-electron chi connectivity index (χ1n) is 5.59. The molecule has 0 atom stereocenters. The van der Waals surface area contributed by atoms with Crippen LogP contribution in [0.3, 0.4) is 0 Å². The predicted molar refractivity (Wildman–Crippen MR) is 62.8 cm³/mol. The van der Waals surface area contributed by atoms with Gasteiger partial charge in [-0.2, -0.15) is 0 Å². The largest absolute Gasteiger partial charge is 0.462 e. The van der Waals surface area contributed by atoms with Crippen LogP contribution in [0.25, 0.3) is 0 Å². The van der Waals surface area contributed by atoms with Crippen LogP contribution in [0.1, 0.15) is 23.2 Å². The maximum atomic E-state index is 11.7. The number of hydrogen-bond acceptors (Lipinski definition) is 6. The molecule has 0 aromatic heterocycles. The third kappa shape index (κ3) is 3.03. The van der Waals surface area contributed by atoms with Crippen LogP contribution in [0.15, 0.2) is 18.2 Å². The zero-order valence-electron chi connectivity index (χ0n) is 9.77. The van der Waals surface area contributed by atoms with Crippen molar-refractivity contribution >= 4 is 17.3 Å². The fourth-order valence-electron chi connectivity index (χ4n) is 1.51. The molecule has 1 aromatic rings. The van der Waals surface area contributed by atoms with Gasteiger partial charge in [-0.1, -0.05) is 0 Å². The van der Waals surface area contributed by atoms with Gasteiger partial charge in [0.25, 0.3) is 11.4 Å². The second kappa shape index (κ2) is 5.01. The molecule has 0 N–H and O–H groups in total. The summed E-state index contributed by atoms with van der Waals surface area (Å²) in [6.45, 7) is 0.229. The van der Waals surface area contributed by atoms with Crippen LogP contribution in [0.2, 0.25) is 0 Å². The van der Waals surface area contributed by atoms with E-state index in [-0.39, 0.29) is 12.2 Å². The molecule has 0 amide bonds. The van der Waals surface area contributed by atoms with Crippen molar-refractivity contribution in [2.45, 2.75) is 12.8 Å². The number of nitrogens with zero attached hydrogens (tertiary/aromatic N) is 2. The van der Waals surface area contributed by atoms with Crippen molar-refractivity contribution in [3.8, 4) is 0 Å². The van der Waals surface area contributed by atoms with E-state index in [0.717, 1.165) is 31.0 Å². The number of ether oxygens (including phenoxy) is 1. The van der Waals surface area contributed by atoms with Gasteiger partial charge in [0.05, 0.1) is 22.5 Å². The molecular formula is C11H10N2O6. The van der Waals surface area contributed by atoms with Gasteiger partial charge in [-0.05, 0) is 24.8 Å². The van der Waals surface area contributed by atoms with Crippen molar-refractivity contribution in [2.24, 2.45) is 5.92 Å². The van der Waals surface area contributed by atoms with E-state index in [1.54, 1.807) is 0 Å². The van der Waals surface area contributed by atoms with Crippen molar-refractivity contribution in [2.75, 3.05) is 6.61 Å². The van der Waals surface area contributed by atoms with Gasteiger partial charge in [0.1, 0.15) is 5.56 Å². The highest BCUT2D eigenvalue weighted by Gasteiger charge is 2.28. The Morgan fingerprint density at radius 1 is 1.26 bits per heavy atom. The van der Waals surface area contributed by atoms with Crippen LogP contribution in [-0.2, 0) is 4.74 Å². The zero-order chi connectivity index (χ0) is 14.0. The first kappa shape index (κ1) is 12.9. The molecule has 1 aliphatic carbocycles. The standard InChI is InChI=1S/C11H10N2O6/c14-11(19-6-7-1-2-7)9-4-3-8(12(15)16)5-10(9)13(17)18/h3-5,7H,1-2,6H2. The number of hydrogen-bond donors (Lipinski definition) is 0. The second-order valence-electron chi connectivity index (χ2n) is 4.26. The minimum Gasteiger partial charge on any atom is -0.462 e. The number of esters is 1. The van der Waals surface area contributed by atoms with Gasteiger partial charge in [0.2, 0.25) is 0 Å². The number of carbonyl (C=O) groups excluding carboxylic acids is 1. The molecule has 1 aliphatic rings. The Morgan fingerprint density at radius 3 is 2.47 bits per heavy atom. The summed E-state index contributed by atoms with van der Waals surface area (Å²) in [4.78, 5) is 31.5. The van der Waals surface area contributed by atoms with Gasteiger partial charge >= 0.3 is 5.97 Å². The van der Waals surface area contributed by atoms with Crippen molar-refractivity contribution in [1.29, 1.82) is 0 Å². The molecule has 0 bridgehead atoms. The zero-order valence-corrected chi connectivity index (χ0v) is 9.77. The molecule has 0 radical (unpaired) electrons. The van der Waals surface area contributed by atoms with Gasteiger partial charge in [0.15, 0.2) is 0 Å². The summed E-state index contributed by atoms with van der Waals surface area (Å²) < 4.78 is 4.93. The van der Waals surface area contributed by atoms with Gasteiger partial charge in [-0.25, -0.2) is 4.79 Å². The summed E-state index contributed by atoms with van der Waals surface area (Å²) in [5.74, 6) is -0.491. The van der Waals surface area contributed by atoms with Crippen molar-refractivity contribution in [3.05, 3.63) is 44.0 Å². The molecule has 0 spiro atoms. The highest BCUT2D eigenvalue weighted by Crippen LogP contribution is 2.30. The van der Waals surface area contributed by atoms with Crippen LogP contribution in [0.4, 0.5) is 11.4 Å². The maximum Gasteiger partial charge on any atom is 0.345 e. The highest BCUT2D eigenvalue weighted by molar-refractivity contribution is 5.94. The summed E-state index contributed by atoms with van der Waals surface area (Å²) >= 11 is 0. The van der Waals surface area contributed by atoms with Crippen molar-refractivity contribution in [3.63, 3.8) is 0 Å². The Kier molecular flexibility index (Phi) is 3.41. The molecule has 0 aliphatic heterocycles. The third-order valence-electron chi connectivity index (χ3n) is 2.76. The number of nitro groups is 2. The average Bonchev–Trinajstić information content (AvgIpc) is 3.19. The van der Waals surface area contributed by atoms with Gasteiger partial charge < -0.3 is 4.74 Å². The lowest BCUT2D eigenvalue weighted by atomic mass is 10.1. The number of benzene rings is 1. The lowest BCUT2D eigenvalue weighted by Gasteiger charge is -2.04. The topological polar surface area (TPSA) is 113 Å². The molecule has 8 nitrogen and oxygen atoms in total. The smallest absolute Gasteiger partial charge is 0.345 e. The summed E-state index contributed by atoms with van der Waals surface area (Å²) in [5.41, 5.74) is -1.32. The molecule has 1 aromatic carbocycles. The predicted octanol–water partition coefficient (Wildman–Crippen LogP) is 2.07. The first-order chi connectivity index (χ1) is 8.99. The van der Waals surface area contributed by atoms with E-state index >= 15 is 0 Å². The van der Waals surface area contributed by atoms with Crippen molar-refractivity contribution in [1.82, 2.24) is 0 Å². The quantitative estimate of drug-likeness (QED) is 0.458. The van der Waals surface area contributed by atoms with Gasteiger partial charge in [0, 0.05) is 6.07 Å². The monoisotopic (exact) mass is 266 g/mol. The minimum absolute atomic E-state index is 0.229. The molecule has 2 rings (SSSR count). The molecule has 1 fully saturated rings. The highest BCUT2D eigenvalue weighted by atomic mass is 16.6. The number of carbonyl (C=O) groups is 1. The normalized spacial score (nSPS) is 13.9. The van der Waals surface area contributed by atoms with Gasteiger partial charge in [-0.3, -0.25) is 20.2 Å². The number of rotatable bonds is 5. The Labute approximate surface area is 107 Å². The molecular weight excluding hydrogens is 256 g/mol. The second-order valence-corrected chi connectivity index (χ2v) is 4.26. The van der Waals surface area contributed by atoms with E-state index in [1.807, 2.05) is 0 Å². The lowest BCUT2D eigenvalue weighted by Crippen LogP contribution is -2.10. The number of non-ortho nitro benzene ring substituents is 1. The Balaban J connectivity index is 2.24. The van der Waals surface area contributed by atoms with E-state index in [9.17, 15) is 25.0 Å². The maximum absolute atomic E-state index is 11.7. The van der Waals surface area contributed by atoms with E-state index in [0.29, 0.717) is 5.92 Å². The minimum atomic E-state index is -0.833. The third-order valence-corrected chi connectivity index (χ3v) is 2.76. The van der Waals surface area contributed by atoms with Crippen LogP contribution in [0, 0.1) is 26.1 Å². The van der Waals surface area contributed by atoms with Crippen LogP contribution >= 0.6 is 0 Å². The summed E-state index contributed by atoms with van der Waals surface area (Å²) in [6.07, 6.45) is 1.96. The molecule has 0 saturated heterocycles. The van der Waals surface area contributed by atoms with Crippen molar-refractivity contribution < 1.29 is 19.4 Å².